The summed E-state index contributed by atoms with van der Waals surface area (Å²) in [6.07, 6.45) is 1.44. The highest BCUT2D eigenvalue weighted by molar-refractivity contribution is 9.10. The van der Waals surface area contributed by atoms with Crippen LogP contribution in [0.5, 0.6) is 11.5 Å². The first-order valence-corrected chi connectivity index (χ1v) is 13.1. The summed E-state index contributed by atoms with van der Waals surface area (Å²) < 4.78 is 13.4. The summed E-state index contributed by atoms with van der Waals surface area (Å²) in [6.45, 7) is 6.27. The summed E-state index contributed by atoms with van der Waals surface area (Å²) in [5, 5.41) is 2.27. The molecule has 0 unspecified atom stereocenters. The number of barbiturate groups is 1. The molecule has 4 rings (SSSR count). The summed E-state index contributed by atoms with van der Waals surface area (Å²) in [4.78, 5) is 39.7. The smallest absolute Gasteiger partial charge is 0.335 e. The highest BCUT2D eigenvalue weighted by Gasteiger charge is 2.37. The van der Waals surface area contributed by atoms with E-state index in [0.717, 1.165) is 26.1 Å². The Bertz CT molecular complexity index is 1420. The van der Waals surface area contributed by atoms with Gasteiger partial charge in [0.05, 0.1) is 16.8 Å². The monoisotopic (exact) mass is 626 g/mol. The third-order valence-electron chi connectivity index (χ3n) is 5.86. The fourth-order valence-electron chi connectivity index (χ4n) is 3.83. The van der Waals surface area contributed by atoms with E-state index in [9.17, 15) is 14.4 Å². The lowest BCUT2D eigenvalue weighted by Crippen LogP contribution is -2.54. The molecule has 1 fully saturated rings. The molecule has 0 aliphatic carbocycles. The minimum absolute atomic E-state index is 0.168. The van der Waals surface area contributed by atoms with Crippen LogP contribution in [0.1, 0.15) is 29.2 Å². The number of hydrogen-bond donors (Lipinski definition) is 1. The van der Waals surface area contributed by atoms with Gasteiger partial charge in [-0.1, -0.05) is 40.2 Å². The molecule has 1 saturated heterocycles. The molecule has 3 aromatic carbocycles. The van der Waals surface area contributed by atoms with E-state index in [1.54, 1.807) is 24.3 Å². The first-order chi connectivity index (χ1) is 17.7. The number of benzene rings is 3. The number of imide groups is 2. The van der Waals surface area contributed by atoms with Crippen molar-refractivity contribution < 1.29 is 23.9 Å². The van der Waals surface area contributed by atoms with Gasteiger partial charge in [0.1, 0.15) is 12.2 Å². The number of nitrogens with one attached hydrogen (secondary N) is 1. The lowest BCUT2D eigenvalue weighted by molar-refractivity contribution is -0.122. The molecule has 190 valence electrons. The molecule has 0 spiro atoms. The normalized spacial score (nSPS) is 14.7. The predicted octanol–water partition coefficient (Wildman–Crippen LogP) is 6.47. The van der Waals surface area contributed by atoms with Crippen LogP contribution >= 0.6 is 31.9 Å². The fraction of sp³-hybridized carbons (Fsp3) is 0.179. The number of nitrogens with zero attached hydrogens (tertiary/aromatic N) is 1. The fourth-order valence-corrected chi connectivity index (χ4v) is 4.67. The van der Waals surface area contributed by atoms with Gasteiger partial charge in [-0.25, -0.2) is 9.69 Å². The van der Waals surface area contributed by atoms with Crippen LogP contribution in [-0.4, -0.2) is 24.5 Å². The number of rotatable bonds is 7. The molecule has 7 nitrogen and oxygen atoms in total. The Morgan fingerprint density at radius 1 is 0.973 bits per heavy atom. The van der Waals surface area contributed by atoms with Crippen LogP contribution in [0.25, 0.3) is 6.08 Å². The predicted molar refractivity (Wildman–Crippen MR) is 149 cm³/mol. The molecule has 37 heavy (non-hydrogen) atoms. The summed E-state index contributed by atoms with van der Waals surface area (Å²) in [5.74, 6) is -0.515. The van der Waals surface area contributed by atoms with Crippen LogP contribution in [0.3, 0.4) is 0 Å². The maximum absolute atomic E-state index is 13.4. The van der Waals surface area contributed by atoms with Crippen molar-refractivity contribution in [2.45, 2.75) is 27.4 Å². The molecule has 0 radical (unpaired) electrons. The molecule has 4 amide bonds. The standard InChI is InChI=1S/C28H24Br2N2O5/c1-4-36-24-14-19(13-22(30)25(24)37-15-18-8-10-20(29)11-9-18)12-21-26(33)31-28(35)32(27(21)34)23-7-5-6-16(2)17(23)3/h5-14H,4,15H2,1-3H3,(H,31,33,35)/b21-12+. The maximum Gasteiger partial charge on any atom is 0.335 e. The average Bonchev–Trinajstić information content (AvgIpc) is 2.85. The molecule has 3 aromatic rings. The second-order valence-electron chi connectivity index (χ2n) is 8.36. The van der Waals surface area contributed by atoms with Gasteiger partial charge < -0.3 is 9.47 Å². The Kier molecular flexibility index (Phi) is 8.14. The number of carbonyl (C=O) groups is 3. The van der Waals surface area contributed by atoms with E-state index < -0.39 is 17.8 Å². The zero-order valence-corrected chi connectivity index (χ0v) is 23.6. The van der Waals surface area contributed by atoms with E-state index in [0.29, 0.717) is 40.4 Å². The third-order valence-corrected chi connectivity index (χ3v) is 6.98. The average molecular weight is 628 g/mol. The van der Waals surface area contributed by atoms with Gasteiger partial charge in [-0.3, -0.25) is 14.9 Å². The van der Waals surface area contributed by atoms with Gasteiger partial charge in [0, 0.05) is 4.47 Å². The third kappa shape index (κ3) is 5.78. The van der Waals surface area contributed by atoms with Crippen LogP contribution in [0.4, 0.5) is 10.5 Å². The van der Waals surface area contributed by atoms with Gasteiger partial charge in [0.15, 0.2) is 11.5 Å². The number of hydrogen-bond acceptors (Lipinski definition) is 5. The molecule has 0 aromatic heterocycles. The molecule has 0 saturated carbocycles. The largest absolute Gasteiger partial charge is 0.490 e. The van der Waals surface area contributed by atoms with Gasteiger partial charge in [0.2, 0.25) is 0 Å². The Labute approximate surface area is 231 Å². The number of aryl methyl sites for hydroxylation is 1. The van der Waals surface area contributed by atoms with E-state index in [-0.39, 0.29) is 5.57 Å². The molecule has 1 N–H and O–H groups in total. The van der Waals surface area contributed by atoms with Crippen LogP contribution in [-0.2, 0) is 16.2 Å². The Morgan fingerprint density at radius 2 is 1.70 bits per heavy atom. The minimum atomic E-state index is -0.784. The number of ether oxygens (including phenoxy) is 2. The van der Waals surface area contributed by atoms with Crippen molar-refractivity contribution in [2.24, 2.45) is 0 Å². The van der Waals surface area contributed by atoms with Crippen molar-refractivity contribution in [3.63, 3.8) is 0 Å². The maximum atomic E-state index is 13.4. The number of amides is 4. The molecule has 9 heteroatoms. The van der Waals surface area contributed by atoms with Gasteiger partial charge in [-0.05, 0) is 95.4 Å². The lowest BCUT2D eigenvalue weighted by atomic mass is 10.0. The number of halogens is 2. The SMILES string of the molecule is CCOc1cc(/C=C2\C(=O)NC(=O)N(c3cccc(C)c3C)C2=O)cc(Br)c1OCc1ccc(Br)cc1. The molecule has 1 aliphatic heterocycles. The molecule has 1 heterocycles. The summed E-state index contributed by atoms with van der Waals surface area (Å²) in [7, 11) is 0. The van der Waals surface area contributed by atoms with Crippen molar-refractivity contribution in [3.8, 4) is 11.5 Å². The lowest BCUT2D eigenvalue weighted by Gasteiger charge is -2.28. The van der Waals surface area contributed by atoms with Crippen LogP contribution in [0, 0.1) is 13.8 Å². The van der Waals surface area contributed by atoms with Crippen molar-refractivity contribution >= 4 is 61.5 Å². The van der Waals surface area contributed by atoms with Crippen LogP contribution in [0.15, 0.2) is 69.1 Å². The quantitative estimate of drug-likeness (QED) is 0.240. The van der Waals surface area contributed by atoms with Crippen LogP contribution < -0.4 is 19.7 Å². The van der Waals surface area contributed by atoms with Crippen molar-refractivity contribution in [1.82, 2.24) is 5.32 Å². The van der Waals surface area contributed by atoms with E-state index in [2.05, 4.69) is 37.2 Å². The molecular formula is C28H24Br2N2O5. The van der Waals surface area contributed by atoms with Crippen LogP contribution in [0.2, 0.25) is 0 Å². The number of carbonyl (C=O) groups excluding carboxylic acids is 3. The Balaban J connectivity index is 1.67. The molecule has 0 atom stereocenters. The number of urea groups is 1. The van der Waals surface area contributed by atoms with E-state index >= 15 is 0 Å². The number of anilines is 1. The summed E-state index contributed by atoms with van der Waals surface area (Å²) in [6, 6.07) is 15.7. The van der Waals surface area contributed by atoms with Gasteiger partial charge in [0.25, 0.3) is 11.8 Å². The summed E-state index contributed by atoms with van der Waals surface area (Å²) in [5.41, 5.74) is 3.45. The summed E-state index contributed by atoms with van der Waals surface area (Å²) >= 11 is 6.95. The van der Waals surface area contributed by atoms with Crippen molar-refractivity contribution in [3.05, 3.63) is 91.4 Å². The zero-order valence-electron chi connectivity index (χ0n) is 20.4. The minimum Gasteiger partial charge on any atom is -0.490 e. The van der Waals surface area contributed by atoms with Crippen molar-refractivity contribution in [1.29, 1.82) is 0 Å². The zero-order chi connectivity index (χ0) is 26.7. The van der Waals surface area contributed by atoms with Gasteiger partial charge in [-0.2, -0.15) is 0 Å². The first kappa shape index (κ1) is 26.6. The topological polar surface area (TPSA) is 84.9 Å². The van der Waals surface area contributed by atoms with Gasteiger partial charge >= 0.3 is 6.03 Å². The molecular weight excluding hydrogens is 604 g/mol. The highest BCUT2D eigenvalue weighted by Crippen LogP contribution is 2.38. The van der Waals surface area contributed by atoms with E-state index in [1.165, 1.54) is 6.08 Å². The second-order valence-corrected chi connectivity index (χ2v) is 10.1. The Hall–Kier alpha value is -3.43. The van der Waals surface area contributed by atoms with Crippen molar-refractivity contribution in [2.75, 3.05) is 11.5 Å². The molecule has 1 aliphatic rings. The van der Waals surface area contributed by atoms with E-state index in [1.807, 2.05) is 51.1 Å². The van der Waals surface area contributed by atoms with E-state index in [4.69, 9.17) is 9.47 Å². The second kappa shape index (κ2) is 11.3. The molecule has 0 bridgehead atoms. The highest BCUT2D eigenvalue weighted by atomic mass is 79.9. The van der Waals surface area contributed by atoms with Gasteiger partial charge in [-0.15, -0.1) is 0 Å². The Morgan fingerprint density at radius 3 is 2.41 bits per heavy atom. The first-order valence-electron chi connectivity index (χ1n) is 11.5.